The van der Waals surface area contributed by atoms with E-state index in [4.69, 9.17) is 5.73 Å². The highest BCUT2D eigenvalue weighted by Crippen LogP contribution is 2.25. The lowest BCUT2D eigenvalue weighted by Gasteiger charge is -2.08. The summed E-state index contributed by atoms with van der Waals surface area (Å²) in [6.45, 7) is -0.170. The quantitative estimate of drug-likeness (QED) is 0.731. The number of amides is 1. The Morgan fingerprint density at radius 1 is 1.39 bits per heavy atom. The number of rotatable bonds is 5. The van der Waals surface area contributed by atoms with Crippen molar-refractivity contribution in [2.45, 2.75) is 4.90 Å². The van der Waals surface area contributed by atoms with Gasteiger partial charge in [-0.05, 0) is 34.1 Å². The fraction of sp³-hybridized carbons (Fsp3) is 0.222. The van der Waals surface area contributed by atoms with E-state index in [-0.39, 0.29) is 18.0 Å². The van der Waals surface area contributed by atoms with Gasteiger partial charge in [0.2, 0.25) is 10.0 Å². The zero-order valence-electron chi connectivity index (χ0n) is 9.02. The van der Waals surface area contributed by atoms with Gasteiger partial charge in [-0.25, -0.2) is 17.9 Å². The molecule has 0 atom stereocenters. The van der Waals surface area contributed by atoms with Crippen LogP contribution in [-0.2, 0) is 14.8 Å². The van der Waals surface area contributed by atoms with Gasteiger partial charge in [-0.3, -0.25) is 0 Å². The molecule has 0 aliphatic rings. The summed E-state index contributed by atoms with van der Waals surface area (Å²) in [4.78, 5) is 10.4. The van der Waals surface area contributed by atoms with Gasteiger partial charge in [-0.15, -0.1) is 0 Å². The molecule has 0 unspecified atom stereocenters. The summed E-state index contributed by atoms with van der Waals surface area (Å²) in [6, 6.07) is 4.68. The average Bonchev–Trinajstić information content (AvgIpc) is 2.23. The number of hydrogen-bond donors (Lipinski definition) is 2. The van der Waals surface area contributed by atoms with E-state index in [0.717, 1.165) is 4.47 Å². The third kappa shape index (κ3) is 4.56. The second-order valence-corrected chi connectivity index (χ2v) is 6.65. The maximum atomic E-state index is 11.9. The summed E-state index contributed by atoms with van der Waals surface area (Å²) >= 11 is 6.39. The Hall–Kier alpha value is -0.640. The second-order valence-electron chi connectivity index (χ2n) is 3.14. The monoisotopic (exact) mass is 400 g/mol. The average molecular weight is 402 g/mol. The molecule has 1 amide bonds. The molecular formula is C9H10Br2N2O4S. The van der Waals surface area contributed by atoms with Crippen LogP contribution in [0.15, 0.2) is 32.0 Å². The Morgan fingerprint density at radius 2 is 2.06 bits per heavy atom. The highest BCUT2D eigenvalue weighted by atomic mass is 79.9. The summed E-state index contributed by atoms with van der Waals surface area (Å²) < 4.78 is 31.6. The van der Waals surface area contributed by atoms with E-state index in [1.165, 1.54) is 6.07 Å². The van der Waals surface area contributed by atoms with Crippen molar-refractivity contribution < 1.29 is 17.9 Å². The molecule has 6 nitrogen and oxygen atoms in total. The third-order valence-corrected chi connectivity index (χ3v) is 4.75. The Morgan fingerprint density at radius 3 is 2.61 bits per heavy atom. The SMILES string of the molecule is NC(=O)OCCNS(=O)(=O)c1ccc(Br)cc1Br. The van der Waals surface area contributed by atoms with Crippen LogP contribution < -0.4 is 10.5 Å². The number of sulfonamides is 1. The zero-order chi connectivity index (χ0) is 13.8. The van der Waals surface area contributed by atoms with Crippen LogP contribution in [0.1, 0.15) is 0 Å². The first-order valence-corrected chi connectivity index (χ1v) is 7.77. The minimum Gasteiger partial charge on any atom is -0.448 e. The molecule has 0 spiro atoms. The molecule has 0 radical (unpaired) electrons. The zero-order valence-corrected chi connectivity index (χ0v) is 13.0. The summed E-state index contributed by atoms with van der Waals surface area (Å²) in [5.41, 5.74) is 4.74. The van der Waals surface area contributed by atoms with E-state index < -0.39 is 16.1 Å². The smallest absolute Gasteiger partial charge is 0.404 e. The van der Waals surface area contributed by atoms with Crippen LogP contribution in [0.4, 0.5) is 4.79 Å². The molecule has 100 valence electrons. The molecule has 0 aliphatic heterocycles. The summed E-state index contributed by atoms with van der Waals surface area (Å²) in [5, 5.41) is 0. The standard InChI is InChI=1S/C9H10Br2N2O4S/c10-6-1-2-8(7(11)5-6)18(15,16)13-3-4-17-9(12)14/h1-2,5,13H,3-4H2,(H2,12,14). The fourth-order valence-electron chi connectivity index (χ4n) is 1.10. The lowest BCUT2D eigenvalue weighted by atomic mass is 10.4. The second kappa shape index (κ2) is 6.50. The van der Waals surface area contributed by atoms with Crippen LogP contribution in [0.5, 0.6) is 0 Å². The number of ether oxygens (including phenoxy) is 1. The molecule has 0 aromatic heterocycles. The highest BCUT2D eigenvalue weighted by molar-refractivity contribution is 9.11. The first kappa shape index (κ1) is 15.4. The fourth-order valence-corrected chi connectivity index (χ4v) is 3.86. The largest absolute Gasteiger partial charge is 0.448 e. The first-order valence-electron chi connectivity index (χ1n) is 4.70. The third-order valence-electron chi connectivity index (χ3n) is 1.82. The molecule has 9 heteroatoms. The number of benzene rings is 1. The highest BCUT2D eigenvalue weighted by Gasteiger charge is 2.17. The number of primary amides is 1. The van der Waals surface area contributed by atoms with E-state index in [2.05, 4.69) is 41.3 Å². The molecule has 0 saturated heterocycles. The van der Waals surface area contributed by atoms with Gasteiger partial charge in [0.05, 0.1) is 4.90 Å². The molecule has 0 aliphatic carbocycles. The Labute approximate surface area is 121 Å². The van der Waals surface area contributed by atoms with Gasteiger partial charge in [0, 0.05) is 15.5 Å². The van der Waals surface area contributed by atoms with Gasteiger partial charge >= 0.3 is 6.09 Å². The van der Waals surface area contributed by atoms with E-state index in [9.17, 15) is 13.2 Å². The van der Waals surface area contributed by atoms with Crippen molar-refractivity contribution in [2.24, 2.45) is 5.73 Å². The van der Waals surface area contributed by atoms with Crippen molar-refractivity contribution in [2.75, 3.05) is 13.2 Å². The minimum absolute atomic E-state index is 0.0478. The Bertz CT molecular complexity index is 547. The molecule has 0 heterocycles. The van der Waals surface area contributed by atoms with Crippen LogP contribution in [0.2, 0.25) is 0 Å². The van der Waals surface area contributed by atoms with Crippen LogP contribution in [0.3, 0.4) is 0 Å². The molecule has 1 aromatic carbocycles. The van der Waals surface area contributed by atoms with E-state index in [1.54, 1.807) is 12.1 Å². The number of hydrogen-bond acceptors (Lipinski definition) is 4. The van der Waals surface area contributed by atoms with Crippen molar-refractivity contribution in [3.63, 3.8) is 0 Å². The van der Waals surface area contributed by atoms with Crippen molar-refractivity contribution in [3.8, 4) is 0 Å². The normalized spacial score (nSPS) is 11.2. The van der Waals surface area contributed by atoms with Crippen molar-refractivity contribution >= 4 is 48.0 Å². The Balaban J connectivity index is 2.71. The first-order chi connectivity index (χ1) is 8.33. The van der Waals surface area contributed by atoms with E-state index in [0.29, 0.717) is 4.47 Å². The number of nitrogens with two attached hydrogens (primary N) is 1. The summed E-state index contributed by atoms with van der Waals surface area (Å²) in [7, 11) is -3.66. The lowest BCUT2D eigenvalue weighted by molar-refractivity contribution is 0.159. The molecule has 0 fully saturated rings. The van der Waals surface area contributed by atoms with E-state index >= 15 is 0 Å². The molecule has 0 bridgehead atoms. The molecule has 3 N–H and O–H groups in total. The predicted molar refractivity (Wildman–Crippen MR) is 72.6 cm³/mol. The van der Waals surface area contributed by atoms with Gasteiger partial charge in [0.15, 0.2) is 0 Å². The number of carbonyl (C=O) groups is 1. The van der Waals surface area contributed by atoms with Crippen LogP contribution in [0.25, 0.3) is 0 Å². The number of carbonyl (C=O) groups excluding carboxylic acids is 1. The Kier molecular flexibility index (Phi) is 5.57. The number of halogens is 2. The summed E-state index contributed by atoms with van der Waals surface area (Å²) in [6.07, 6.45) is -0.945. The van der Waals surface area contributed by atoms with Gasteiger partial charge in [-0.2, -0.15) is 0 Å². The van der Waals surface area contributed by atoms with Crippen molar-refractivity contribution in [3.05, 3.63) is 27.1 Å². The molecule has 1 rings (SSSR count). The van der Waals surface area contributed by atoms with Crippen LogP contribution in [0, 0.1) is 0 Å². The lowest BCUT2D eigenvalue weighted by Crippen LogP contribution is -2.29. The predicted octanol–water partition coefficient (Wildman–Crippen LogP) is 1.59. The minimum atomic E-state index is -3.66. The van der Waals surface area contributed by atoms with Crippen LogP contribution >= 0.6 is 31.9 Å². The van der Waals surface area contributed by atoms with Gasteiger partial charge < -0.3 is 10.5 Å². The van der Waals surface area contributed by atoms with Gasteiger partial charge in [0.1, 0.15) is 6.61 Å². The molecular weight excluding hydrogens is 392 g/mol. The topological polar surface area (TPSA) is 98.5 Å². The van der Waals surface area contributed by atoms with Crippen LogP contribution in [-0.4, -0.2) is 27.7 Å². The van der Waals surface area contributed by atoms with Crippen molar-refractivity contribution in [1.29, 1.82) is 0 Å². The van der Waals surface area contributed by atoms with E-state index in [1.807, 2.05) is 0 Å². The number of nitrogens with one attached hydrogen (secondary N) is 1. The van der Waals surface area contributed by atoms with Gasteiger partial charge in [-0.1, -0.05) is 15.9 Å². The molecule has 18 heavy (non-hydrogen) atoms. The summed E-state index contributed by atoms with van der Waals surface area (Å²) in [5.74, 6) is 0. The van der Waals surface area contributed by atoms with Gasteiger partial charge in [0.25, 0.3) is 0 Å². The molecule has 0 saturated carbocycles. The maximum Gasteiger partial charge on any atom is 0.404 e. The maximum absolute atomic E-state index is 11.9. The molecule has 1 aromatic rings. The van der Waals surface area contributed by atoms with Crippen molar-refractivity contribution in [1.82, 2.24) is 4.72 Å².